The van der Waals surface area contributed by atoms with Gasteiger partial charge in [0.05, 0.1) is 11.4 Å². The number of anilines is 1. The molecule has 0 saturated carbocycles. The highest BCUT2D eigenvalue weighted by molar-refractivity contribution is 8.00. The maximum absolute atomic E-state index is 12.3. The van der Waals surface area contributed by atoms with Crippen LogP contribution in [0.15, 0.2) is 36.4 Å². The van der Waals surface area contributed by atoms with Crippen LogP contribution in [0.4, 0.5) is 5.69 Å². The number of nitrogens with one attached hydrogen (secondary N) is 1. The lowest BCUT2D eigenvalue weighted by atomic mass is 9.89. The minimum atomic E-state index is -3.33. The van der Waals surface area contributed by atoms with Crippen molar-refractivity contribution in [3.05, 3.63) is 58.7 Å². The van der Waals surface area contributed by atoms with E-state index in [9.17, 15) is 13.2 Å². The Labute approximate surface area is 222 Å². The molecule has 1 N–H and O–H groups in total. The topological polar surface area (TPSA) is 72.5 Å². The Morgan fingerprint density at radius 3 is 2.36 bits per heavy atom. The molecule has 0 heterocycles. The second-order valence-electron chi connectivity index (χ2n) is 10.4. The number of benzene rings is 2. The summed E-state index contributed by atoms with van der Waals surface area (Å²) < 4.78 is 33.2. The van der Waals surface area contributed by atoms with Crippen LogP contribution in [0.5, 0.6) is 5.75 Å². The Morgan fingerprint density at radius 2 is 1.78 bits per heavy atom. The Bertz CT molecular complexity index is 1120. The Morgan fingerprint density at radius 1 is 1.06 bits per heavy atom. The number of rotatable bonds is 14. The van der Waals surface area contributed by atoms with Crippen molar-refractivity contribution in [3.63, 3.8) is 0 Å². The van der Waals surface area contributed by atoms with Gasteiger partial charge in [-0.15, -0.1) is 0 Å². The molecule has 0 aliphatic rings. The second-order valence-corrected chi connectivity index (χ2v) is 13.6. The molecule has 1 atom stereocenters. The summed E-state index contributed by atoms with van der Waals surface area (Å²) in [5.41, 5.74) is 4.70. The number of carbonyl (C=O) groups excluding carboxylic acids is 1. The van der Waals surface area contributed by atoms with E-state index in [1.807, 2.05) is 59.7 Å². The fourth-order valence-electron chi connectivity index (χ4n) is 3.92. The van der Waals surface area contributed by atoms with E-state index < -0.39 is 15.4 Å². The van der Waals surface area contributed by atoms with Crippen LogP contribution in [0.1, 0.15) is 75.6 Å². The largest absolute Gasteiger partial charge is 0.486 e. The molecular weight excluding hydrogens is 490 g/mol. The molecule has 5 nitrogen and oxygen atoms in total. The number of ketones is 1. The Balaban J connectivity index is 2.00. The van der Waals surface area contributed by atoms with Gasteiger partial charge in [-0.05, 0) is 79.2 Å². The summed E-state index contributed by atoms with van der Waals surface area (Å²) in [7, 11) is -3.33. The first-order chi connectivity index (χ1) is 16.9. The normalized spacial score (nSPS) is 12.9. The lowest BCUT2D eigenvalue weighted by Crippen LogP contribution is -2.26. The summed E-state index contributed by atoms with van der Waals surface area (Å²) in [4.78, 5) is 12.2. The molecule has 200 valence electrons. The first-order valence-electron chi connectivity index (χ1n) is 12.8. The number of thioether (sulfide) groups is 1. The fraction of sp³-hybridized carbons (Fsp3) is 0.552. The zero-order valence-corrected chi connectivity index (χ0v) is 24.6. The molecule has 0 spiro atoms. The van der Waals surface area contributed by atoms with Gasteiger partial charge >= 0.3 is 0 Å². The predicted octanol–water partition coefficient (Wildman–Crippen LogP) is 6.92. The van der Waals surface area contributed by atoms with Gasteiger partial charge in [0.15, 0.2) is 5.78 Å². The summed E-state index contributed by atoms with van der Waals surface area (Å²) in [5, 5.41) is 0. The SMILES string of the molecule is CCSCCS(=O)(=O)Nc1ccc(CCC(CC)c2ccc(OCC(=O)C(C)(C)C)c(C)c2)cc1C. The van der Waals surface area contributed by atoms with Crippen LogP contribution >= 0.6 is 11.8 Å². The lowest BCUT2D eigenvalue weighted by Gasteiger charge is -2.20. The summed E-state index contributed by atoms with van der Waals surface area (Å²) in [6, 6.07) is 12.2. The first-order valence-corrected chi connectivity index (χ1v) is 15.6. The molecule has 0 fully saturated rings. The van der Waals surface area contributed by atoms with Gasteiger partial charge in [-0.1, -0.05) is 58.9 Å². The van der Waals surface area contributed by atoms with Crippen LogP contribution in [-0.2, 0) is 21.2 Å². The van der Waals surface area contributed by atoms with E-state index in [4.69, 9.17) is 4.74 Å². The second kappa shape index (κ2) is 13.5. The van der Waals surface area contributed by atoms with Crippen molar-refractivity contribution >= 4 is 33.3 Å². The van der Waals surface area contributed by atoms with E-state index in [0.717, 1.165) is 41.9 Å². The highest BCUT2D eigenvalue weighted by Crippen LogP contribution is 2.30. The molecule has 0 bridgehead atoms. The number of carbonyl (C=O) groups is 1. The van der Waals surface area contributed by atoms with Crippen molar-refractivity contribution in [2.75, 3.05) is 28.6 Å². The van der Waals surface area contributed by atoms with Crippen LogP contribution in [0, 0.1) is 19.3 Å². The monoisotopic (exact) mass is 533 g/mol. The van der Waals surface area contributed by atoms with E-state index in [1.54, 1.807) is 11.8 Å². The van der Waals surface area contributed by atoms with E-state index in [-0.39, 0.29) is 18.1 Å². The third kappa shape index (κ3) is 9.47. The highest BCUT2D eigenvalue weighted by Gasteiger charge is 2.22. The molecule has 0 radical (unpaired) electrons. The smallest absolute Gasteiger partial charge is 0.233 e. The molecular formula is C29H43NO4S2. The molecule has 2 rings (SSSR count). The predicted molar refractivity (Wildman–Crippen MR) is 154 cm³/mol. The maximum Gasteiger partial charge on any atom is 0.233 e. The summed E-state index contributed by atoms with van der Waals surface area (Å²) in [6.45, 7) is 14.0. The van der Waals surface area contributed by atoms with Crippen molar-refractivity contribution in [2.45, 2.75) is 73.6 Å². The number of aryl methyl sites for hydroxylation is 3. The van der Waals surface area contributed by atoms with Gasteiger partial charge < -0.3 is 4.74 Å². The quantitative estimate of drug-likeness (QED) is 0.267. The number of hydrogen-bond donors (Lipinski definition) is 1. The summed E-state index contributed by atoms with van der Waals surface area (Å²) >= 11 is 1.63. The van der Waals surface area contributed by atoms with Gasteiger partial charge in [0, 0.05) is 11.2 Å². The molecule has 0 saturated heterocycles. The van der Waals surface area contributed by atoms with Crippen molar-refractivity contribution in [1.82, 2.24) is 0 Å². The molecule has 0 aromatic heterocycles. The number of Topliss-reactive ketones (excluding diaryl/α,β-unsaturated/α-hetero) is 1. The number of hydrogen-bond acceptors (Lipinski definition) is 5. The van der Waals surface area contributed by atoms with Gasteiger partial charge in [-0.3, -0.25) is 9.52 Å². The van der Waals surface area contributed by atoms with E-state index >= 15 is 0 Å². The van der Waals surface area contributed by atoms with Crippen molar-refractivity contribution < 1.29 is 17.9 Å². The number of ether oxygens (including phenoxy) is 1. The first kappa shape index (κ1) is 30.2. The Kier molecular flexibility index (Phi) is 11.4. The van der Waals surface area contributed by atoms with Gasteiger partial charge in [0.1, 0.15) is 12.4 Å². The average molecular weight is 534 g/mol. The third-order valence-electron chi connectivity index (χ3n) is 6.40. The zero-order chi connectivity index (χ0) is 26.9. The fourth-order valence-corrected chi connectivity index (χ4v) is 6.23. The third-order valence-corrected chi connectivity index (χ3v) is 8.83. The average Bonchev–Trinajstić information content (AvgIpc) is 2.79. The van der Waals surface area contributed by atoms with Crippen molar-refractivity contribution in [1.29, 1.82) is 0 Å². The summed E-state index contributed by atoms with van der Waals surface area (Å²) in [5.74, 6) is 2.89. The van der Waals surface area contributed by atoms with Gasteiger partial charge in [-0.2, -0.15) is 11.8 Å². The van der Waals surface area contributed by atoms with Gasteiger partial charge in [0.2, 0.25) is 10.0 Å². The Hall–Kier alpha value is -1.99. The number of sulfonamides is 1. The minimum absolute atomic E-state index is 0.0852. The maximum atomic E-state index is 12.3. The standard InChI is InChI=1S/C29H43NO4S2/c1-8-24(25-13-15-27(22(4)19-25)34-20-28(31)29(5,6)7)12-10-23-11-14-26(21(3)18-23)30-36(32,33)17-16-35-9-2/h11,13-15,18-19,24,30H,8-10,12,16-17,20H2,1-7H3. The molecule has 2 aromatic rings. The molecule has 2 aromatic carbocycles. The van der Waals surface area contributed by atoms with Crippen LogP contribution in [0.3, 0.4) is 0 Å². The molecule has 0 aliphatic carbocycles. The van der Waals surface area contributed by atoms with E-state index in [0.29, 0.717) is 17.4 Å². The van der Waals surface area contributed by atoms with E-state index in [2.05, 4.69) is 29.8 Å². The van der Waals surface area contributed by atoms with Crippen LogP contribution < -0.4 is 9.46 Å². The highest BCUT2D eigenvalue weighted by atomic mass is 32.2. The van der Waals surface area contributed by atoms with Crippen LogP contribution in [0.25, 0.3) is 0 Å². The summed E-state index contributed by atoms with van der Waals surface area (Å²) in [6.07, 6.45) is 2.93. The van der Waals surface area contributed by atoms with Crippen LogP contribution in [0.2, 0.25) is 0 Å². The molecule has 0 amide bonds. The molecule has 0 aliphatic heterocycles. The molecule has 7 heteroatoms. The van der Waals surface area contributed by atoms with Crippen LogP contribution in [-0.4, -0.2) is 38.1 Å². The van der Waals surface area contributed by atoms with E-state index in [1.165, 1.54) is 11.1 Å². The van der Waals surface area contributed by atoms with Crippen molar-refractivity contribution in [2.24, 2.45) is 5.41 Å². The minimum Gasteiger partial charge on any atom is -0.486 e. The van der Waals surface area contributed by atoms with Gasteiger partial charge in [-0.25, -0.2) is 8.42 Å². The van der Waals surface area contributed by atoms with Crippen molar-refractivity contribution in [3.8, 4) is 5.75 Å². The molecule has 1 unspecified atom stereocenters. The van der Waals surface area contributed by atoms with Gasteiger partial charge in [0.25, 0.3) is 0 Å². The lowest BCUT2D eigenvalue weighted by molar-refractivity contribution is -0.128. The molecule has 36 heavy (non-hydrogen) atoms. The zero-order valence-electron chi connectivity index (χ0n) is 22.9.